The highest BCUT2D eigenvalue weighted by molar-refractivity contribution is 7.15. The molecule has 1 amide bonds. The van der Waals surface area contributed by atoms with Crippen LogP contribution in [-0.4, -0.2) is 23.5 Å². The van der Waals surface area contributed by atoms with E-state index in [1.54, 1.807) is 11.3 Å². The van der Waals surface area contributed by atoms with Crippen LogP contribution in [0.2, 0.25) is 0 Å². The molecular weight excluding hydrogens is 360 g/mol. The molecule has 1 N–H and O–H groups in total. The number of aromatic nitrogens is 1. The van der Waals surface area contributed by atoms with Crippen molar-refractivity contribution in [3.05, 3.63) is 10.6 Å². The van der Waals surface area contributed by atoms with E-state index in [0.717, 1.165) is 65.6 Å². The summed E-state index contributed by atoms with van der Waals surface area (Å²) in [6.45, 7) is 2.27. The highest BCUT2D eigenvalue weighted by Crippen LogP contribution is 2.60. The van der Waals surface area contributed by atoms with Crippen LogP contribution in [-0.2, 0) is 27.2 Å². The van der Waals surface area contributed by atoms with Crippen LogP contribution < -0.4 is 5.32 Å². The maximum Gasteiger partial charge on any atom is 0.309 e. The second kappa shape index (κ2) is 6.57. The Morgan fingerprint density at radius 2 is 1.85 bits per heavy atom. The lowest BCUT2D eigenvalue weighted by Crippen LogP contribution is -2.51. The summed E-state index contributed by atoms with van der Waals surface area (Å²) in [5.74, 6) is 2.32. The van der Waals surface area contributed by atoms with Crippen LogP contribution in [0, 0.1) is 29.1 Å². The summed E-state index contributed by atoms with van der Waals surface area (Å²) in [6, 6.07) is 0. The van der Waals surface area contributed by atoms with Crippen LogP contribution in [0.1, 0.15) is 62.4 Å². The molecule has 4 bridgehead atoms. The molecule has 4 saturated carbocycles. The average molecular weight is 389 g/mol. The van der Waals surface area contributed by atoms with Gasteiger partial charge in [0.1, 0.15) is 0 Å². The van der Waals surface area contributed by atoms with Crippen molar-refractivity contribution in [2.24, 2.45) is 29.1 Å². The lowest BCUT2D eigenvalue weighted by atomic mass is 9.49. The van der Waals surface area contributed by atoms with Gasteiger partial charge in [-0.1, -0.05) is 0 Å². The summed E-state index contributed by atoms with van der Waals surface area (Å²) >= 11 is 1.56. The van der Waals surface area contributed by atoms with E-state index in [-0.39, 0.29) is 23.2 Å². The molecule has 0 saturated heterocycles. The Bertz CT molecular complexity index is 736. The van der Waals surface area contributed by atoms with E-state index < -0.39 is 0 Å². The van der Waals surface area contributed by atoms with Gasteiger partial charge >= 0.3 is 5.97 Å². The number of fused-ring (bicyclic) bond motifs is 1. The van der Waals surface area contributed by atoms with E-state index >= 15 is 0 Å². The number of rotatable bonds is 4. The number of hydrogen-bond acceptors (Lipinski definition) is 5. The van der Waals surface area contributed by atoms with Crippen molar-refractivity contribution in [2.75, 3.05) is 11.9 Å². The van der Waals surface area contributed by atoms with Gasteiger partial charge in [0, 0.05) is 4.88 Å². The van der Waals surface area contributed by atoms with Crippen molar-refractivity contribution in [2.45, 2.75) is 64.7 Å². The Balaban J connectivity index is 1.29. The Hall–Kier alpha value is -1.43. The van der Waals surface area contributed by atoms with Crippen molar-refractivity contribution < 1.29 is 14.3 Å². The van der Waals surface area contributed by atoms with Crippen LogP contribution in [0.5, 0.6) is 0 Å². The number of hydrogen-bond donors (Lipinski definition) is 1. The van der Waals surface area contributed by atoms with Gasteiger partial charge in [0.25, 0.3) is 0 Å². The minimum absolute atomic E-state index is 0.0652. The Morgan fingerprint density at radius 3 is 2.48 bits per heavy atom. The fraction of sp³-hybridized carbons (Fsp3) is 0.762. The number of anilines is 1. The largest absolute Gasteiger partial charge is 0.466 e. The molecule has 0 spiro atoms. The van der Waals surface area contributed by atoms with E-state index in [2.05, 4.69) is 5.32 Å². The van der Waals surface area contributed by atoms with Gasteiger partial charge in [-0.15, -0.1) is 11.3 Å². The van der Waals surface area contributed by atoms with Crippen LogP contribution in [0.4, 0.5) is 5.13 Å². The fourth-order valence-corrected chi connectivity index (χ4v) is 7.59. The third kappa shape index (κ3) is 3.10. The number of nitrogens with one attached hydrogen (secondary N) is 1. The monoisotopic (exact) mass is 388 g/mol. The topological polar surface area (TPSA) is 68.3 Å². The van der Waals surface area contributed by atoms with Crippen molar-refractivity contribution in [3.8, 4) is 0 Å². The molecule has 0 aromatic carbocycles. The number of aryl methyl sites for hydroxylation is 1. The third-order valence-electron chi connectivity index (χ3n) is 7.30. The molecule has 4 fully saturated rings. The van der Waals surface area contributed by atoms with Crippen LogP contribution >= 0.6 is 11.3 Å². The van der Waals surface area contributed by atoms with Crippen molar-refractivity contribution >= 4 is 28.3 Å². The Kier molecular flexibility index (Phi) is 4.30. The summed E-state index contributed by atoms with van der Waals surface area (Å²) in [7, 11) is 0. The molecule has 5 aliphatic rings. The predicted molar refractivity (Wildman–Crippen MR) is 103 cm³/mol. The van der Waals surface area contributed by atoms with E-state index in [1.165, 1.54) is 19.3 Å². The zero-order valence-corrected chi connectivity index (χ0v) is 16.8. The maximum atomic E-state index is 13.2. The Labute approximate surface area is 164 Å². The van der Waals surface area contributed by atoms with E-state index in [4.69, 9.17) is 9.72 Å². The van der Waals surface area contributed by atoms with Crippen molar-refractivity contribution in [3.63, 3.8) is 0 Å². The zero-order valence-electron chi connectivity index (χ0n) is 16.0. The number of carbonyl (C=O) groups excluding carboxylic acids is 2. The molecule has 27 heavy (non-hydrogen) atoms. The average Bonchev–Trinajstić information content (AvgIpc) is 3.02. The molecule has 1 aromatic rings. The lowest BCUT2D eigenvalue weighted by molar-refractivity contribution is -0.148. The van der Waals surface area contributed by atoms with Gasteiger partial charge in [-0.25, -0.2) is 4.98 Å². The first-order chi connectivity index (χ1) is 13.0. The highest BCUT2D eigenvalue weighted by Gasteiger charge is 2.54. The van der Waals surface area contributed by atoms with Crippen LogP contribution in [0.15, 0.2) is 0 Å². The van der Waals surface area contributed by atoms with Gasteiger partial charge in [-0.05, 0) is 82.5 Å². The minimum Gasteiger partial charge on any atom is -0.466 e. The normalized spacial score (nSPS) is 36.3. The molecule has 146 valence electrons. The number of esters is 1. The van der Waals surface area contributed by atoms with Gasteiger partial charge < -0.3 is 10.1 Å². The van der Waals surface area contributed by atoms with Gasteiger partial charge in [-0.3, -0.25) is 9.59 Å². The molecule has 1 atom stereocenters. The summed E-state index contributed by atoms with van der Waals surface area (Å²) in [5.41, 5.74) is 0.912. The van der Waals surface area contributed by atoms with Gasteiger partial charge in [0.15, 0.2) is 5.13 Å². The fourth-order valence-electron chi connectivity index (χ4n) is 6.51. The minimum atomic E-state index is -0.144. The standard InChI is InChI=1S/C21H28N2O3S/c1-2-26-18(24)15-3-4-16-17(8-15)27-20(22-16)23-19(25)21-9-12-5-13(10-21)7-14(6-12)11-21/h12-15H,2-11H2,1H3,(H,22,23,25). The molecule has 1 aromatic heterocycles. The summed E-state index contributed by atoms with van der Waals surface area (Å²) in [5, 5.41) is 3.90. The van der Waals surface area contributed by atoms with Gasteiger partial charge in [-0.2, -0.15) is 0 Å². The lowest BCUT2D eigenvalue weighted by Gasteiger charge is -2.55. The molecule has 5 aliphatic carbocycles. The summed E-state index contributed by atoms with van der Waals surface area (Å²) in [6.07, 6.45) is 9.51. The van der Waals surface area contributed by atoms with Crippen LogP contribution in [0.3, 0.4) is 0 Å². The predicted octanol–water partition coefficient (Wildman–Crippen LogP) is 3.97. The smallest absolute Gasteiger partial charge is 0.309 e. The number of carbonyl (C=O) groups is 2. The summed E-state index contributed by atoms with van der Waals surface area (Å²) in [4.78, 5) is 31.1. The zero-order chi connectivity index (χ0) is 18.6. The summed E-state index contributed by atoms with van der Waals surface area (Å²) < 4.78 is 5.18. The number of thiazole rings is 1. The van der Waals surface area contributed by atoms with Crippen LogP contribution in [0.25, 0.3) is 0 Å². The molecular formula is C21H28N2O3S. The molecule has 6 rings (SSSR count). The van der Waals surface area contributed by atoms with Gasteiger partial charge in [0.05, 0.1) is 23.6 Å². The van der Waals surface area contributed by atoms with Gasteiger partial charge in [0.2, 0.25) is 5.91 Å². The highest BCUT2D eigenvalue weighted by atomic mass is 32.1. The first-order valence-electron chi connectivity index (χ1n) is 10.5. The SMILES string of the molecule is CCOC(=O)C1CCc2nc(NC(=O)C34CC5CC(CC(C5)C3)C4)sc2C1. The van der Waals surface area contributed by atoms with E-state index in [0.29, 0.717) is 13.0 Å². The molecule has 1 unspecified atom stereocenters. The number of nitrogens with zero attached hydrogens (tertiary/aromatic N) is 1. The second-order valence-corrected chi connectivity index (χ2v) is 10.3. The third-order valence-corrected chi connectivity index (χ3v) is 8.34. The first-order valence-corrected chi connectivity index (χ1v) is 11.3. The van der Waals surface area contributed by atoms with Crippen molar-refractivity contribution in [1.29, 1.82) is 0 Å². The van der Waals surface area contributed by atoms with Crippen molar-refractivity contribution in [1.82, 2.24) is 4.98 Å². The molecule has 0 aliphatic heterocycles. The Morgan fingerprint density at radius 1 is 1.19 bits per heavy atom. The van der Waals surface area contributed by atoms with E-state index in [1.807, 2.05) is 6.92 Å². The first kappa shape index (κ1) is 17.7. The molecule has 0 radical (unpaired) electrons. The van der Waals surface area contributed by atoms with E-state index in [9.17, 15) is 9.59 Å². The number of ether oxygens (including phenoxy) is 1. The second-order valence-electron chi connectivity index (χ2n) is 9.23. The molecule has 1 heterocycles. The maximum absolute atomic E-state index is 13.2. The number of amides is 1. The quantitative estimate of drug-likeness (QED) is 0.793. The molecule has 5 nitrogen and oxygen atoms in total. The molecule has 6 heteroatoms.